The van der Waals surface area contributed by atoms with Gasteiger partial charge in [0.05, 0.1) is 39.5 Å². The van der Waals surface area contributed by atoms with Crippen molar-refractivity contribution in [3.8, 4) is 0 Å². The molecule has 3 aromatic carbocycles. The molecule has 4 N–H and O–H groups in total. The first-order valence-corrected chi connectivity index (χ1v) is 44.3. The van der Waals surface area contributed by atoms with Gasteiger partial charge < -0.3 is 48.8 Å². The molecule has 12 unspecified atom stereocenters. The van der Waals surface area contributed by atoms with E-state index < -0.39 is 47.1 Å². The summed E-state index contributed by atoms with van der Waals surface area (Å²) in [6.45, 7) is 4.31. The standard InChI is InChI=1S/C33H45N5O5.C29H38N4O4.C28H36N4O4/c1-3-36(4-2)29(39)20-43-35-31(33(41)42)30-32(40)38(28-14-6-5-13-27(28)34-30)26-18-23-11-8-12-24(19-26)37(23)25-16-21-9-7-10-22(15-21)17-25;34-27(35)12-11-25(31-37)28-29(36)33(26-10-2-1-9-24(26)30-28)23-16-20-7-4-8-21(17-23)32(20)22-14-18-5-3-6-19(13-18)15-22;1-36-30-26(28(34)35)25-27(33)32(24-11-3-2-10-23(24)29-25)22-15-19-8-5-9-20(16-22)31(19)21-13-17-6-4-7-18(12-17)14-21/h5-6,13-14,21-26H,3-4,7-12,15-20H2,1-2H3,(H,41,42);1-2,9-10,18-23,37H,3-8,11-17H2,(H,34,35);2-3,10-11,17-22H,4-9,12-16H2,1H3,(H,34,35)/b35-31-;31-25+;30-26-. The Morgan fingerprint density at radius 1 is 0.405 bits per heavy atom. The average molecular weight is 1590 g/mol. The monoisotopic (exact) mass is 1590 g/mol. The van der Waals surface area contributed by atoms with Crippen LogP contribution in [0.2, 0.25) is 0 Å². The minimum Gasteiger partial charge on any atom is -0.481 e. The van der Waals surface area contributed by atoms with Crippen molar-refractivity contribution in [3.05, 3.63) is 121 Å². The van der Waals surface area contributed by atoms with Gasteiger partial charge in [-0.25, -0.2) is 24.5 Å². The molecule has 12 atom stereocenters. The Labute approximate surface area is 678 Å². The smallest absolute Gasteiger partial charge is 0.360 e. The van der Waals surface area contributed by atoms with Crippen LogP contribution in [0.4, 0.5) is 0 Å². The third kappa shape index (κ3) is 16.9. The lowest BCUT2D eigenvalue weighted by molar-refractivity contribution is -0.137. The normalized spacial score (nSPS) is 31.4. The molecule has 26 nitrogen and oxygen atoms in total. The van der Waals surface area contributed by atoms with Crippen LogP contribution in [0.1, 0.15) is 274 Å². The van der Waals surface area contributed by atoms with Gasteiger partial charge in [-0.05, 0) is 221 Å². The van der Waals surface area contributed by atoms with Gasteiger partial charge in [0.1, 0.15) is 12.8 Å². The predicted molar refractivity (Wildman–Crippen MR) is 442 cm³/mol. The van der Waals surface area contributed by atoms with Gasteiger partial charge in [-0.2, -0.15) is 0 Å². The van der Waals surface area contributed by atoms with E-state index in [1.807, 2.05) is 89.7 Å². The number of piperidine rings is 6. The molecule has 18 rings (SSSR count). The Kier molecular flexibility index (Phi) is 25.0. The first-order chi connectivity index (χ1) is 56.4. The first-order valence-electron chi connectivity index (χ1n) is 44.3. The number of amides is 1. The summed E-state index contributed by atoms with van der Waals surface area (Å²) in [6.07, 6.45) is 40.7. The number of carbonyl (C=O) groups is 4. The highest BCUT2D eigenvalue weighted by molar-refractivity contribution is 6.42. The quantitative estimate of drug-likeness (QED) is 0.0313. The Hall–Kier alpha value is -8.75. The van der Waals surface area contributed by atoms with Gasteiger partial charge >= 0.3 is 17.9 Å². The molecule has 6 saturated carbocycles. The molecule has 6 aliphatic heterocycles. The number of carbonyl (C=O) groups excluding carboxylic acids is 1. The van der Waals surface area contributed by atoms with Gasteiger partial charge in [0.15, 0.2) is 23.7 Å². The molecule has 12 aliphatic rings. The van der Waals surface area contributed by atoms with E-state index in [4.69, 9.17) is 14.8 Å². The molecule has 26 heteroatoms. The van der Waals surface area contributed by atoms with E-state index in [2.05, 4.69) is 45.1 Å². The summed E-state index contributed by atoms with van der Waals surface area (Å²) in [7, 11) is 1.28. The molecule has 1 amide bonds. The fourth-order valence-corrected chi connectivity index (χ4v) is 25.2. The van der Waals surface area contributed by atoms with Gasteiger partial charge in [-0.1, -0.05) is 129 Å². The van der Waals surface area contributed by atoms with E-state index in [-0.39, 0.29) is 65.2 Å². The Balaban J connectivity index is 0.000000131. The van der Waals surface area contributed by atoms with Crippen molar-refractivity contribution in [1.29, 1.82) is 0 Å². The van der Waals surface area contributed by atoms with Crippen LogP contribution in [0.25, 0.3) is 33.1 Å². The van der Waals surface area contributed by atoms with Crippen molar-refractivity contribution >= 4 is 74.1 Å². The van der Waals surface area contributed by atoms with Crippen molar-refractivity contribution < 1.29 is 49.4 Å². The molecule has 9 heterocycles. The lowest BCUT2D eigenvalue weighted by Crippen LogP contribution is -2.58. The SMILES string of the molecule is CCN(CC)C(=O)CO/N=C(\C(=O)O)c1nc2ccccc2n(C2CC3CCCC(C2)N3C2CC3CCCC(C3)C2)c1=O.CO/N=C(\C(=O)O)c1nc2ccccc2n(C2CC3CCCC(C2)N3C2CC3CCCC(C3)C2)c1=O.O=C(O)CC/C(=N\O)c1nc2ccccc2n(C2CC3CCCC(C2)N3C2CC3CCCC(C3)C2)c1=O. The van der Waals surface area contributed by atoms with Crippen molar-refractivity contribution in [1.82, 2.24) is 48.3 Å². The number of benzene rings is 3. The molecule has 6 aliphatic carbocycles. The summed E-state index contributed by atoms with van der Waals surface area (Å²) in [6, 6.07) is 27.4. The summed E-state index contributed by atoms with van der Waals surface area (Å²) in [5.74, 6) is 1.26. The van der Waals surface area contributed by atoms with Crippen LogP contribution < -0.4 is 16.7 Å². The summed E-state index contributed by atoms with van der Waals surface area (Å²) in [4.78, 5) is 123. The van der Waals surface area contributed by atoms with Crippen LogP contribution in [0, 0.1) is 35.5 Å². The second kappa shape index (κ2) is 35.8. The zero-order valence-corrected chi connectivity index (χ0v) is 68.0. The highest BCUT2D eigenvalue weighted by Gasteiger charge is 2.50. The number of likely N-dealkylation sites (N-methyl/N-ethyl adjacent to an activating group) is 1. The van der Waals surface area contributed by atoms with E-state index in [0.717, 1.165) is 97.9 Å². The van der Waals surface area contributed by atoms with Gasteiger partial charge in [-0.15, -0.1) is 0 Å². The van der Waals surface area contributed by atoms with Gasteiger partial charge in [-0.3, -0.25) is 38.7 Å². The highest BCUT2D eigenvalue weighted by atomic mass is 16.6. The van der Waals surface area contributed by atoms with E-state index in [0.29, 0.717) is 89.5 Å². The van der Waals surface area contributed by atoms with Gasteiger partial charge in [0.25, 0.3) is 22.6 Å². The third-order valence-corrected chi connectivity index (χ3v) is 29.5. The van der Waals surface area contributed by atoms with Crippen molar-refractivity contribution in [2.24, 2.45) is 51.0 Å². The number of hydrogen-bond acceptors (Lipinski definition) is 19. The third-order valence-electron chi connectivity index (χ3n) is 29.5. The number of nitrogens with zero attached hydrogens (tertiary/aromatic N) is 13. The van der Waals surface area contributed by atoms with E-state index in [9.17, 15) is 49.0 Å². The molecular weight excluding hydrogens is 1470 g/mol. The molecule has 12 bridgehead atoms. The van der Waals surface area contributed by atoms with E-state index >= 15 is 0 Å². The number of carboxylic acid groups (broad SMARTS) is 3. The first kappa shape index (κ1) is 81.0. The Morgan fingerprint density at radius 3 is 1.03 bits per heavy atom. The van der Waals surface area contributed by atoms with Gasteiger partial charge in [0.2, 0.25) is 11.4 Å². The highest BCUT2D eigenvalue weighted by Crippen LogP contribution is 2.52. The van der Waals surface area contributed by atoms with Crippen LogP contribution >= 0.6 is 0 Å². The van der Waals surface area contributed by atoms with Crippen LogP contribution in [-0.4, -0.2) is 191 Å². The number of fused-ring (bicyclic) bond motifs is 15. The second-order valence-corrected chi connectivity index (χ2v) is 36.3. The Bertz CT molecular complexity index is 4800. The predicted octanol–water partition coefficient (Wildman–Crippen LogP) is 13.9. The van der Waals surface area contributed by atoms with Crippen LogP contribution in [-0.2, 0) is 28.9 Å². The number of aromatic nitrogens is 6. The minimum atomic E-state index is -1.42. The summed E-state index contributed by atoms with van der Waals surface area (Å²) >= 11 is 0. The number of aliphatic carboxylic acids is 3. The van der Waals surface area contributed by atoms with Gasteiger partial charge in [0, 0.05) is 92.0 Å². The van der Waals surface area contributed by atoms with E-state index in [1.165, 1.54) is 168 Å². The minimum absolute atomic E-state index is 0.0105. The largest absolute Gasteiger partial charge is 0.481 e. The number of carboxylic acids is 3. The number of para-hydroxylation sites is 6. The van der Waals surface area contributed by atoms with Crippen molar-refractivity contribution in [2.75, 3.05) is 26.8 Å². The summed E-state index contributed by atoms with van der Waals surface area (Å²) in [5.41, 5.74) is 1.60. The molecule has 116 heavy (non-hydrogen) atoms. The molecule has 6 saturated heterocycles. The van der Waals surface area contributed by atoms with Crippen molar-refractivity contribution in [2.45, 2.75) is 311 Å². The Morgan fingerprint density at radius 2 is 0.716 bits per heavy atom. The number of hydrogen-bond donors (Lipinski definition) is 4. The van der Waals surface area contributed by atoms with Crippen LogP contribution in [0.5, 0.6) is 0 Å². The molecule has 3 aromatic heterocycles. The second-order valence-electron chi connectivity index (χ2n) is 36.3. The maximum atomic E-state index is 14.2. The molecule has 0 spiro atoms. The molecule has 622 valence electrons. The number of oxime groups is 3. The lowest BCUT2D eigenvalue weighted by atomic mass is 9.68. The number of rotatable bonds is 20. The maximum Gasteiger partial charge on any atom is 0.360 e. The van der Waals surface area contributed by atoms with Crippen LogP contribution in [0.15, 0.2) is 103 Å². The molecule has 0 radical (unpaired) electrons. The zero-order valence-electron chi connectivity index (χ0n) is 68.0. The topological polar surface area (TPSA) is 322 Å². The molecular formula is C90H119N13O13. The maximum absolute atomic E-state index is 14.2. The molecule has 12 fully saturated rings. The lowest BCUT2D eigenvalue weighted by Gasteiger charge is -2.55. The molecule has 6 aromatic rings. The van der Waals surface area contributed by atoms with Crippen molar-refractivity contribution in [3.63, 3.8) is 0 Å². The van der Waals surface area contributed by atoms with E-state index in [1.54, 1.807) is 15.5 Å². The van der Waals surface area contributed by atoms with Crippen LogP contribution in [0.3, 0.4) is 0 Å². The average Bonchev–Trinajstić information content (AvgIpc) is 0.749. The zero-order chi connectivity index (χ0) is 80.4. The fraction of sp³-hybridized carbons (Fsp3) is 0.656. The summed E-state index contributed by atoms with van der Waals surface area (Å²) in [5, 5.41) is 49.3. The summed E-state index contributed by atoms with van der Waals surface area (Å²) < 4.78 is 5.50. The fourth-order valence-electron chi connectivity index (χ4n) is 25.2.